The van der Waals surface area contributed by atoms with Gasteiger partial charge in [-0.05, 0) is 19.9 Å². The van der Waals surface area contributed by atoms with Crippen LogP contribution in [0.1, 0.15) is 42.8 Å². The first-order chi connectivity index (χ1) is 14.6. The van der Waals surface area contributed by atoms with Crippen LogP contribution in [0, 0.1) is 17.6 Å². The van der Waals surface area contributed by atoms with Crippen LogP contribution in [0.15, 0.2) is 34.0 Å². The van der Waals surface area contributed by atoms with Crippen molar-refractivity contribution in [2.45, 2.75) is 49.5 Å². The molecule has 5 atom stereocenters. The van der Waals surface area contributed by atoms with Crippen molar-refractivity contribution >= 4 is 21.3 Å². The second-order valence-corrected chi connectivity index (χ2v) is 10.7. The fraction of sp³-hybridized carbons (Fsp3) is 0.476. The van der Waals surface area contributed by atoms with Crippen molar-refractivity contribution in [3.05, 3.63) is 56.5 Å². The fourth-order valence-electron chi connectivity index (χ4n) is 4.41. The van der Waals surface area contributed by atoms with Gasteiger partial charge in [-0.15, -0.1) is 0 Å². The number of pyridine rings is 1. The van der Waals surface area contributed by atoms with E-state index in [1.165, 1.54) is 21.0 Å². The molecule has 1 aliphatic heterocycles. The standard InChI is InChI=1S/C21H24ClF3N2O4S/c1-10-16(12-7-6-8-13(22)17(12)30-4)18(31-20(10,3)21(23,24)25)14-9-15(28)19(11(2)27-14)32(5,26)29/h6-10,16,18,26H,1-5H3,(H,27,28)/t10-,16-,18-,20+,32-/m0/s1. The molecular formula is C21H24ClF3N2O4S. The van der Waals surface area contributed by atoms with Crippen molar-refractivity contribution in [2.24, 2.45) is 5.92 Å². The van der Waals surface area contributed by atoms with Gasteiger partial charge in [0.1, 0.15) is 16.7 Å². The van der Waals surface area contributed by atoms with E-state index in [2.05, 4.69) is 4.98 Å². The molecule has 1 saturated heterocycles. The Kier molecular flexibility index (Phi) is 6.21. The third-order valence-electron chi connectivity index (χ3n) is 6.11. The van der Waals surface area contributed by atoms with Gasteiger partial charge >= 0.3 is 6.18 Å². The molecule has 1 aromatic carbocycles. The average molecular weight is 493 g/mol. The zero-order chi connectivity index (χ0) is 24.2. The van der Waals surface area contributed by atoms with E-state index in [4.69, 9.17) is 25.9 Å². The lowest BCUT2D eigenvalue weighted by Crippen LogP contribution is -2.46. The molecule has 1 aliphatic rings. The highest BCUT2D eigenvalue weighted by Gasteiger charge is 2.65. The molecule has 2 aromatic rings. The fourth-order valence-corrected chi connectivity index (χ4v) is 5.74. The predicted molar refractivity (Wildman–Crippen MR) is 115 cm³/mol. The van der Waals surface area contributed by atoms with E-state index < -0.39 is 44.9 Å². The first kappa shape index (κ1) is 24.6. The second-order valence-electron chi connectivity index (χ2n) is 8.21. The number of aromatic amines is 1. The van der Waals surface area contributed by atoms with Crippen molar-refractivity contribution in [3.8, 4) is 5.75 Å². The minimum atomic E-state index is -4.70. The van der Waals surface area contributed by atoms with Crippen molar-refractivity contribution in [2.75, 3.05) is 13.4 Å². The largest absolute Gasteiger partial charge is 0.495 e. The van der Waals surface area contributed by atoms with Crippen LogP contribution in [-0.4, -0.2) is 34.3 Å². The quantitative estimate of drug-likeness (QED) is 0.614. The number of halogens is 4. The minimum absolute atomic E-state index is 0.0896. The van der Waals surface area contributed by atoms with Gasteiger partial charge in [-0.2, -0.15) is 13.2 Å². The number of ether oxygens (including phenoxy) is 2. The third-order valence-corrected chi connectivity index (χ3v) is 7.69. The van der Waals surface area contributed by atoms with Crippen LogP contribution in [0.5, 0.6) is 5.75 Å². The Bertz CT molecular complexity index is 1210. The third kappa shape index (κ3) is 3.92. The number of hydrogen-bond donors (Lipinski definition) is 2. The second kappa shape index (κ2) is 8.07. The predicted octanol–water partition coefficient (Wildman–Crippen LogP) is 5.19. The molecule has 6 nitrogen and oxygen atoms in total. The lowest BCUT2D eigenvalue weighted by Gasteiger charge is -2.32. The summed E-state index contributed by atoms with van der Waals surface area (Å²) < 4.78 is 73.3. The van der Waals surface area contributed by atoms with Crippen LogP contribution < -0.4 is 10.2 Å². The molecule has 1 aromatic heterocycles. The summed E-state index contributed by atoms with van der Waals surface area (Å²) in [5, 5.41) is 0.233. The van der Waals surface area contributed by atoms with E-state index in [1.807, 2.05) is 0 Å². The maximum atomic E-state index is 14.1. The highest BCUT2D eigenvalue weighted by atomic mass is 35.5. The van der Waals surface area contributed by atoms with Crippen molar-refractivity contribution in [3.63, 3.8) is 0 Å². The number of rotatable bonds is 4. The van der Waals surface area contributed by atoms with E-state index in [1.54, 1.807) is 18.2 Å². The van der Waals surface area contributed by atoms with Crippen molar-refractivity contribution in [1.29, 1.82) is 4.78 Å². The van der Waals surface area contributed by atoms with Crippen LogP contribution in [0.25, 0.3) is 0 Å². The molecule has 0 bridgehead atoms. The van der Waals surface area contributed by atoms with Gasteiger partial charge in [-0.25, -0.2) is 8.99 Å². The molecule has 1 fully saturated rings. The number of aromatic nitrogens is 1. The molecule has 3 rings (SSSR count). The molecule has 0 saturated carbocycles. The molecule has 0 aliphatic carbocycles. The molecule has 2 heterocycles. The lowest BCUT2D eigenvalue weighted by molar-refractivity contribution is -0.275. The maximum Gasteiger partial charge on any atom is 0.417 e. The van der Waals surface area contributed by atoms with E-state index >= 15 is 0 Å². The molecule has 32 heavy (non-hydrogen) atoms. The number of nitrogens with one attached hydrogen (secondary N) is 2. The van der Waals surface area contributed by atoms with Crippen LogP contribution >= 0.6 is 11.6 Å². The Labute approximate surface area is 189 Å². The number of methoxy groups -OCH3 is 1. The van der Waals surface area contributed by atoms with Gasteiger partial charge in [-0.1, -0.05) is 30.7 Å². The highest BCUT2D eigenvalue weighted by molar-refractivity contribution is 7.91. The normalized spacial score (nSPS) is 27.8. The van der Waals surface area contributed by atoms with Gasteiger partial charge < -0.3 is 14.5 Å². The molecule has 2 N–H and O–H groups in total. The molecule has 0 unspecified atom stereocenters. The van der Waals surface area contributed by atoms with Gasteiger partial charge in [0.2, 0.25) is 0 Å². The highest BCUT2D eigenvalue weighted by Crippen LogP contribution is 2.59. The smallest absolute Gasteiger partial charge is 0.417 e. The molecule has 0 spiro atoms. The van der Waals surface area contributed by atoms with Crippen molar-refractivity contribution < 1.29 is 26.9 Å². The Hall–Kier alpha value is -2.04. The van der Waals surface area contributed by atoms with E-state index in [-0.39, 0.29) is 27.1 Å². The van der Waals surface area contributed by atoms with Gasteiger partial charge in [0.15, 0.2) is 11.0 Å². The summed E-state index contributed by atoms with van der Waals surface area (Å²) in [6.45, 7) is 3.86. The van der Waals surface area contributed by atoms with Gasteiger partial charge in [0.25, 0.3) is 0 Å². The SMILES string of the molecule is COc1c(Cl)cccc1[C@H]1[C@H](c2cc(=O)c([S@@](C)(=N)=O)c(C)[nH]2)O[C@@](C)(C(F)(F)F)[C@H]1C. The monoisotopic (exact) mass is 492 g/mol. The molecule has 11 heteroatoms. The number of hydrogen-bond acceptors (Lipinski definition) is 5. The number of aryl methyl sites for hydroxylation is 1. The molecule has 176 valence electrons. The van der Waals surface area contributed by atoms with Crippen LogP contribution in [-0.2, 0) is 14.5 Å². The summed E-state index contributed by atoms with van der Waals surface area (Å²) in [6.07, 6.45) is -4.79. The van der Waals surface area contributed by atoms with E-state index in [0.29, 0.717) is 5.56 Å². The summed E-state index contributed by atoms with van der Waals surface area (Å²) in [4.78, 5) is 15.3. The van der Waals surface area contributed by atoms with Gasteiger partial charge in [0, 0.05) is 41.1 Å². The van der Waals surface area contributed by atoms with Crippen LogP contribution in [0.4, 0.5) is 13.2 Å². The van der Waals surface area contributed by atoms with Crippen LogP contribution in [0.2, 0.25) is 5.02 Å². The maximum absolute atomic E-state index is 14.1. The Morgan fingerprint density at radius 1 is 1.34 bits per heavy atom. The first-order valence-electron chi connectivity index (χ1n) is 9.68. The van der Waals surface area contributed by atoms with E-state index in [0.717, 1.165) is 19.2 Å². The Balaban J connectivity index is 2.28. The Morgan fingerprint density at radius 3 is 2.47 bits per heavy atom. The van der Waals surface area contributed by atoms with E-state index in [9.17, 15) is 22.2 Å². The zero-order valence-electron chi connectivity index (χ0n) is 18.1. The summed E-state index contributed by atoms with van der Waals surface area (Å²) in [7, 11) is -1.97. The first-order valence-corrected chi connectivity index (χ1v) is 12.0. The minimum Gasteiger partial charge on any atom is -0.495 e. The van der Waals surface area contributed by atoms with Gasteiger partial charge in [0.05, 0.1) is 21.9 Å². The topological polar surface area (TPSA) is 92.2 Å². The number of H-pyrrole nitrogens is 1. The van der Waals surface area contributed by atoms with Crippen LogP contribution in [0.3, 0.4) is 0 Å². The Morgan fingerprint density at radius 2 is 1.97 bits per heavy atom. The van der Waals surface area contributed by atoms with Gasteiger partial charge in [-0.3, -0.25) is 4.79 Å². The number of benzene rings is 1. The lowest BCUT2D eigenvalue weighted by atomic mass is 9.76. The number of para-hydroxylation sites is 1. The number of alkyl halides is 3. The molecule has 0 amide bonds. The molecule has 0 radical (unpaired) electrons. The summed E-state index contributed by atoms with van der Waals surface area (Å²) in [5.74, 6) is -1.72. The zero-order valence-corrected chi connectivity index (χ0v) is 19.7. The van der Waals surface area contributed by atoms with Crippen molar-refractivity contribution in [1.82, 2.24) is 4.98 Å². The summed E-state index contributed by atoms with van der Waals surface area (Å²) in [5.41, 5.74) is -2.58. The molecular weight excluding hydrogens is 469 g/mol. The summed E-state index contributed by atoms with van der Waals surface area (Å²) >= 11 is 6.23. The summed E-state index contributed by atoms with van der Waals surface area (Å²) in [6, 6.07) is 5.85. The average Bonchev–Trinajstić information content (AvgIpc) is 2.92.